The Labute approximate surface area is 252 Å². The molecule has 2 N–H and O–H groups in total. The molecule has 1 heterocycles. The van der Waals surface area contributed by atoms with Crippen molar-refractivity contribution in [3.8, 4) is 0 Å². The summed E-state index contributed by atoms with van der Waals surface area (Å²) in [5.41, 5.74) is 4.42. The molecule has 1 aliphatic heterocycles. The molecule has 0 spiro atoms. The van der Waals surface area contributed by atoms with Gasteiger partial charge in [0.1, 0.15) is 0 Å². The zero-order valence-electron chi connectivity index (χ0n) is 24.6. The van der Waals surface area contributed by atoms with Crippen molar-refractivity contribution < 1.29 is 24.2 Å². The molecule has 0 radical (unpaired) electrons. The molecule has 0 aromatic heterocycles. The number of carbonyl (C=O) groups is 3. The van der Waals surface area contributed by atoms with Crippen LogP contribution in [0.15, 0.2) is 84.0 Å². The van der Waals surface area contributed by atoms with Gasteiger partial charge in [-0.15, -0.1) is 5.10 Å². The summed E-state index contributed by atoms with van der Waals surface area (Å²) >= 11 is 0. The van der Waals surface area contributed by atoms with Crippen LogP contribution in [0.1, 0.15) is 73.6 Å². The first kappa shape index (κ1) is 30.0. The molecule has 2 atom stereocenters. The summed E-state index contributed by atoms with van der Waals surface area (Å²) < 4.78 is 5.56. The zero-order valence-corrected chi connectivity index (χ0v) is 24.6. The molecular weight excluding hydrogens is 542 g/mol. The number of carbonyl (C=O) groups excluding carboxylic acids is 2. The number of hydrazone groups is 1. The average molecular weight is 582 g/mol. The van der Waals surface area contributed by atoms with Crippen molar-refractivity contribution in [2.45, 2.75) is 64.3 Å². The first-order valence-corrected chi connectivity index (χ1v) is 15.2. The number of aryl methyl sites for hydroxylation is 1. The predicted molar refractivity (Wildman–Crippen MR) is 165 cm³/mol. The van der Waals surface area contributed by atoms with Crippen LogP contribution in [0.4, 0.5) is 5.69 Å². The highest BCUT2D eigenvalue weighted by molar-refractivity contribution is 5.98. The lowest BCUT2D eigenvalue weighted by Crippen LogP contribution is -2.36. The quantitative estimate of drug-likeness (QED) is 0.259. The minimum Gasteiger partial charge on any atom is -0.481 e. The van der Waals surface area contributed by atoms with E-state index in [2.05, 4.69) is 10.4 Å². The van der Waals surface area contributed by atoms with Gasteiger partial charge in [0.2, 0.25) is 11.8 Å². The summed E-state index contributed by atoms with van der Waals surface area (Å²) in [5, 5.41) is 18.4. The highest BCUT2D eigenvalue weighted by atomic mass is 16.5. The van der Waals surface area contributed by atoms with E-state index in [1.807, 2.05) is 85.8 Å². The van der Waals surface area contributed by atoms with Gasteiger partial charge in [-0.3, -0.25) is 14.4 Å². The summed E-state index contributed by atoms with van der Waals surface area (Å²) in [4.78, 5) is 37.7. The second-order valence-electron chi connectivity index (χ2n) is 11.4. The second kappa shape index (κ2) is 14.1. The summed E-state index contributed by atoms with van der Waals surface area (Å²) in [6.07, 6.45) is 6.05. The van der Waals surface area contributed by atoms with Gasteiger partial charge in [-0.25, -0.2) is 5.01 Å². The van der Waals surface area contributed by atoms with Crippen molar-refractivity contribution >= 4 is 29.4 Å². The van der Waals surface area contributed by atoms with Crippen LogP contribution in [-0.2, 0) is 32.1 Å². The lowest BCUT2D eigenvalue weighted by Gasteiger charge is -2.25. The lowest BCUT2D eigenvalue weighted by molar-refractivity contribution is -0.142. The number of benzene rings is 3. The fourth-order valence-corrected chi connectivity index (χ4v) is 6.04. The Hall–Kier alpha value is -4.46. The van der Waals surface area contributed by atoms with E-state index in [0.29, 0.717) is 31.7 Å². The molecule has 224 valence electrons. The zero-order chi connectivity index (χ0) is 30.2. The Bertz CT molecular complexity index is 1450. The van der Waals surface area contributed by atoms with E-state index in [1.165, 1.54) is 5.01 Å². The number of carboxylic acid groups (broad SMARTS) is 1. The van der Waals surface area contributed by atoms with Crippen molar-refractivity contribution in [1.82, 2.24) is 5.01 Å². The van der Waals surface area contributed by atoms with Crippen molar-refractivity contribution in [2.75, 3.05) is 11.9 Å². The standard InChI is InChI=1S/C35H39N3O5/c1-2-26(35(41)42)18-15-24-9-8-14-30(21-24)36-33(40)32(27-10-6-7-11-27)28-19-16-25(17-20-28)22-38-31(39)23-43-34(37-38)29-12-4-3-5-13-29/h3-5,8-9,12-14,16-17,19-21,26-27,32H,2,6-7,10-11,15,18,22-23H2,1H3,(H,36,40)(H,41,42). The molecule has 1 aliphatic carbocycles. The lowest BCUT2D eigenvalue weighted by atomic mass is 9.83. The number of amides is 2. The fourth-order valence-electron chi connectivity index (χ4n) is 6.04. The van der Waals surface area contributed by atoms with Gasteiger partial charge in [-0.1, -0.05) is 74.4 Å². The van der Waals surface area contributed by atoms with E-state index < -0.39 is 5.97 Å². The van der Waals surface area contributed by atoms with E-state index in [9.17, 15) is 19.5 Å². The summed E-state index contributed by atoms with van der Waals surface area (Å²) in [7, 11) is 0. The Morgan fingerprint density at radius 1 is 1.00 bits per heavy atom. The maximum absolute atomic E-state index is 13.8. The third-order valence-corrected chi connectivity index (χ3v) is 8.50. The van der Waals surface area contributed by atoms with Gasteiger partial charge in [0.25, 0.3) is 5.91 Å². The average Bonchev–Trinajstić information content (AvgIpc) is 3.54. The molecule has 1 fully saturated rings. The molecule has 8 heteroatoms. The predicted octanol–water partition coefficient (Wildman–Crippen LogP) is 6.36. The van der Waals surface area contributed by atoms with Crippen LogP contribution >= 0.6 is 0 Å². The third kappa shape index (κ3) is 7.69. The normalized spacial score (nSPS) is 16.7. The SMILES string of the molecule is CCC(CCc1cccc(NC(=O)C(c2ccc(CN3N=C(c4ccccc4)OCC3=O)cc2)C2CCCC2)c1)C(=O)O. The second-order valence-corrected chi connectivity index (χ2v) is 11.4. The van der Waals surface area contributed by atoms with E-state index >= 15 is 0 Å². The summed E-state index contributed by atoms with van der Waals surface area (Å²) in [6, 6.07) is 25.2. The molecule has 2 aliphatic rings. The van der Waals surface area contributed by atoms with Crippen molar-refractivity contribution in [2.24, 2.45) is 16.9 Å². The number of rotatable bonds is 12. The minimum absolute atomic E-state index is 0.0331. The van der Waals surface area contributed by atoms with Gasteiger partial charge in [0, 0.05) is 11.3 Å². The molecular formula is C35H39N3O5. The van der Waals surface area contributed by atoms with E-state index in [1.54, 1.807) is 0 Å². The topological polar surface area (TPSA) is 108 Å². The van der Waals surface area contributed by atoms with Crippen molar-refractivity contribution in [1.29, 1.82) is 0 Å². The van der Waals surface area contributed by atoms with Crippen LogP contribution in [0.5, 0.6) is 0 Å². The van der Waals surface area contributed by atoms with Gasteiger partial charge < -0.3 is 15.2 Å². The number of hydrogen-bond acceptors (Lipinski definition) is 5. The maximum Gasteiger partial charge on any atom is 0.306 e. The molecule has 2 amide bonds. The third-order valence-electron chi connectivity index (χ3n) is 8.50. The molecule has 5 rings (SSSR count). The summed E-state index contributed by atoms with van der Waals surface area (Å²) in [5.74, 6) is -0.980. The van der Waals surface area contributed by atoms with Crippen LogP contribution in [0.25, 0.3) is 0 Å². The first-order chi connectivity index (χ1) is 20.9. The number of aliphatic carboxylic acids is 1. The smallest absolute Gasteiger partial charge is 0.306 e. The van der Waals surface area contributed by atoms with Crippen LogP contribution in [0.3, 0.4) is 0 Å². The van der Waals surface area contributed by atoms with Gasteiger partial charge in [-0.2, -0.15) is 0 Å². The van der Waals surface area contributed by atoms with Gasteiger partial charge in [0.15, 0.2) is 6.61 Å². The fraction of sp³-hybridized carbons (Fsp3) is 0.371. The number of carboxylic acids is 1. The van der Waals surface area contributed by atoms with Crippen molar-refractivity contribution in [3.63, 3.8) is 0 Å². The molecule has 3 aromatic rings. The van der Waals surface area contributed by atoms with Gasteiger partial charge in [-0.05, 0) is 79.0 Å². The van der Waals surface area contributed by atoms with E-state index in [0.717, 1.165) is 53.6 Å². The number of nitrogens with one attached hydrogen (secondary N) is 1. The van der Waals surface area contributed by atoms with E-state index in [-0.39, 0.29) is 36.2 Å². The Morgan fingerprint density at radius 3 is 2.44 bits per heavy atom. The highest BCUT2D eigenvalue weighted by Crippen LogP contribution is 2.38. The summed E-state index contributed by atoms with van der Waals surface area (Å²) in [6.45, 7) is 2.14. The van der Waals surface area contributed by atoms with Crippen LogP contribution < -0.4 is 5.32 Å². The van der Waals surface area contributed by atoms with Gasteiger partial charge in [0.05, 0.1) is 18.4 Å². The Balaban J connectivity index is 1.28. The van der Waals surface area contributed by atoms with Gasteiger partial charge >= 0.3 is 5.97 Å². The molecule has 43 heavy (non-hydrogen) atoms. The van der Waals surface area contributed by atoms with Crippen molar-refractivity contribution in [3.05, 3.63) is 101 Å². The molecule has 0 saturated heterocycles. The molecule has 3 aromatic carbocycles. The van der Waals surface area contributed by atoms with Crippen LogP contribution in [0, 0.1) is 11.8 Å². The first-order valence-electron chi connectivity index (χ1n) is 15.2. The Morgan fingerprint density at radius 2 is 1.74 bits per heavy atom. The number of anilines is 1. The molecule has 1 saturated carbocycles. The Kier molecular flexibility index (Phi) is 9.87. The number of ether oxygens (including phenoxy) is 1. The molecule has 8 nitrogen and oxygen atoms in total. The maximum atomic E-state index is 13.8. The monoisotopic (exact) mass is 581 g/mol. The molecule has 2 unspecified atom stereocenters. The number of nitrogens with zero attached hydrogens (tertiary/aromatic N) is 2. The van der Waals surface area contributed by atoms with Crippen LogP contribution in [0.2, 0.25) is 0 Å². The number of hydrogen-bond donors (Lipinski definition) is 2. The largest absolute Gasteiger partial charge is 0.481 e. The minimum atomic E-state index is -0.765. The van der Waals surface area contributed by atoms with E-state index in [4.69, 9.17) is 4.74 Å². The van der Waals surface area contributed by atoms with Crippen LogP contribution in [-0.4, -0.2) is 40.4 Å². The highest BCUT2D eigenvalue weighted by Gasteiger charge is 2.32. The molecule has 0 bridgehead atoms.